The Hall–Kier alpha value is -0.570. The highest BCUT2D eigenvalue weighted by atomic mass is 16.2. The number of carbonyl (C=O) groups excluding carboxylic acids is 1. The van der Waals surface area contributed by atoms with Crippen LogP contribution in [0.4, 0.5) is 0 Å². The number of hydrogen-bond acceptors (Lipinski definition) is 2. The van der Waals surface area contributed by atoms with Crippen LogP contribution in [0.15, 0.2) is 0 Å². The molecule has 2 fully saturated rings. The van der Waals surface area contributed by atoms with Crippen molar-refractivity contribution in [3.63, 3.8) is 0 Å². The molecule has 1 saturated heterocycles. The van der Waals surface area contributed by atoms with Crippen LogP contribution in [0, 0.1) is 11.8 Å². The second-order valence-electron chi connectivity index (χ2n) is 5.86. The van der Waals surface area contributed by atoms with Crippen LogP contribution >= 0.6 is 0 Å². The van der Waals surface area contributed by atoms with Gasteiger partial charge < -0.3 is 4.90 Å². The van der Waals surface area contributed by atoms with Crippen LogP contribution in [0.1, 0.15) is 46.5 Å². The van der Waals surface area contributed by atoms with E-state index >= 15 is 0 Å². The minimum Gasteiger partial charge on any atom is -0.323 e. The lowest BCUT2D eigenvalue weighted by Gasteiger charge is -2.31. The predicted octanol–water partition coefficient (Wildman–Crippen LogP) is 1.98. The van der Waals surface area contributed by atoms with E-state index in [1.807, 2.05) is 0 Å². The molecule has 1 aliphatic heterocycles. The van der Waals surface area contributed by atoms with Gasteiger partial charge in [0.1, 0.15) is 0 Å². The minimum atomic E-state index is 0.279. The summed E-state index contributed by atoms with van der Waals surface area (Å²) in [6.07, 6.45) is 5.28. The molecule has 3 heteroatoms. The molecule has 1 amide bonds. The van der Waals surface area contributed by atoms with Crippen molar-refractivity contribution in [3.8, 4) is 0 Å². The summed E-state index contributed by atoms with van der Waals surface area (Å²) >= 11 is 0. The topological polar surface area (TPSA) is 32.3 Å². The van der Waals surface area contributed by atoms with E-state index in [2.05, 4.69) is 31.0 Å². The first-order chi connectivity index (χ1) is 7.58. The molecule has 0 aromatic rings. The first-order valence-electron chi connectivity index (χ1n) is 6.62. The van der Waals surface area contributed by atoms with E-state index in [1.165, 1.54) is 19.3 Å². The first kappa shape index (κ1) is 11.9. The standard InChI is InChI=1S/C13H24N2O/c1-9(2)6-12-14-8-13(16)15(12)10(3)7-11-4-5-11/h9-12,14H,4-8H2,1-3H3. The summed E-state index contributed by atoms with van der Waals surface area (Å²) in [6, 6.07) is 0.416. The molecular formula is C13H24N2O. The Kier molecular flexibility index (Phi) is 3.53. The molecule has 1 N–H and O–H groups in total. The van der Waals surface area contributed by atoms with Crippen LogP contribution in [0.3, 0.4) is 0 Å². The van der Waals surface area contributed by atoms with E-state index < -0.39 is 0 Å². The van der Waals surface area contributed by atoms with Crippen molar-refractivity contribution in [2.75, 3.05) is 6.54 Å². The molecule has 2 rings (SSSR count). The lowest BCUT2D eigenvalue weighted by atomic mass is 10.1. The van der Waals surface area contributed by atoms with Gasteiger partial charge >= 0.3 is 0 Å². The highest BCUT2D eigenvalue weighted by molar-refractivity contribution is 5.80. The van der Waals surface area contributed by atoms with Crippen molar-refractivity contribution in [2.24, 2.45) is 11.8 Å². The molecule has 92 valence electrons. The summed E-state index contributed by atoms with van der Waals surface area (Å²) in [7, 11) is 0. The van der Waals surface area contributed by atoms with Crippen molar-refractivity contribution < 1.29 is 4.79 Å². The van der Waals surface area contributed by atoms with Gasteiger partial charge in [0.15, 0.2) is 0 Å². The van der Waals surface area contributed by atoms with E-state index in [0.717, 1.165) is 12.3 Å². The van der Waals surface area contributed by atoms with Gasteiger partial charge in [-0.2, -0.15) is 0 Å². The molecule has 2 aliphatic rings. The molecule has 2 unspecified atom stereocenters. The molecule has 2 atom stereocenters. The molecule has 1 aliphatic carbocycles. The Morgan fingerprint density at radius 3 is 2.56 bits per heavy atom. The van der Waals surface area contributed by atoms with Crippen LogP contribution in [-0.2, 0) is 4.79 Å². The monoisotopic (exact) mass is 224 g/mol. The van der Waals surface area contributed by atoms with E-state index in [1.54, 1.807) is 0 Å². The molecule has 1 saturated carbocycles. The summed E-state index contributed by atoms with van der Waals surface area (Å²) in [5, 5.41) is 3.34. The molecule has 0 radical (unpaired) electrons. The van der Waals surface area contributed by atoms with Gasteiger partial charge in [0.2, 0.25) is 5.91 Å². The normalized spacial score (nSPS) is 27.9. The highest BCUT2D eigenvalue weighted by Gasteiger charge is 2.36. The average molecular weight is 224 g/mol. The van der Waals surface area contributed by atoms with Gasteiger partial charge in [-0.3, -0.25) is 10.1 Å². The van der Waals surface area contributed by atoms with Gasteiger partial charge in [-0.25, -0.2) is 0 Å². The molecule has 3 nitrogen and oxygen atoms in total. The SMILES string of the molecule is CC(C)CC1NCC(=O)N1C(C)CC1CC1. The third kappa shape index (κ3) is 2.76. The highest BCUT2D eigenvalue weighted by Crippen LogP contribution is 2.35. The van der Waals surface area contributed by atoms with Crippen LogP contribution in [-0.4, -0.2) is 29.6 Å². The second-order valence-corrected chi connectivity index (χ2v) is 5.86. The number of amides is 1. The molecule has 0 spiro atoms. The summed E-state index contributed by atoms with van der Waals surface area (Å²) < 4.78 is 0. The summed E-state index contributed by atoms with van der Waals surface area (Å²) in [6.45, 7) is 7.17. The van der Waals surface area contributed by atoms with E-state index in [4.69, 9.17) is 0 Å². The Labute approximate surface area is 98.6 Å². The van der Waals surface area contributed by atoms with E-state index in [9.17, 15) is 4.79 Å². The van der Waals surface area contributed by atoms with Gasteiger partial charge in [-0.05, 0) is 31.6 Å². The second kappa shape index (κ2) is 4.74. The van der Waals surface area contributed by atoms with Crippen LogP contribution in [0.5, 0.6) is 0 Å². The fourth-order valence-corrected chi connectivity index (χ4v) is 2.71. The van der Waals surface area contributed by atoms with E-state index in [0.29, 0.717) is 24.4 Å². The maximum absolute atomic E-state index is 11.9. The van der Waals surface area contributed by atoms with Crippen LogP contribution in [0.2, 0.25) is 0 Å². The largest absolute Gasteiger partial charge is 0.323 e. The Morgan fingerprint density at radius 1 is 1.31 bits per heavy atom. The fraction of sp³-hybridized carbons (Fsp3) is 0.923. The van der Waals surface area contributed by atoms with Gasteiger partial charge in [0, 0.05) is 6.04 Å². The van der Waals surface area contributed by atoms with Crippen molar-refractivity contribution in [3.05, 3.63) is 0 Å². The maximum Gasteiger partial charge on any atom is 0.238 e. The third-order valence-electron chi connectivity index (χ3n) is 3.65. The number of rotatable bonds is 5. The average Bonchev–Trinajstić information content (AvgIpc) is 2.91. The summed E-state index contributed by atoms with van der Waals surface area (Å²) in [5.41, 5.74) is 0. The Morgan fingerprint density at radius 2 is 2.00 bits per heavy atom. The van der Waals surface area contributed by atoms with E-state index in [-0.39, 0.29) is 6.17 Å². The van der Waals surface area contributed by atoms with Gasteiger partial charge in [-0.1, -0.05) is 26.7 Å². The van der Waals surface area contributed by atoms with Crippen molar-refractivity contribution in [1.82, 2.24) is 10.2 Å². The zero-order valence-corrected chi connectivity index (χ0v) is 10.7. The molecule has 0 aromatic carbocycles. The smallest absolute Gasteiger partial charge is 0.238 e. The molecule has 16 heavy (non-hydrogen) atoms. The number of hydrogen-bond donors (Lipinski definition) is 1. The zero-order chi connectivity index (χ0) is 11.7. The summed E-state index contributed by atoms with van der Waals surface area (Å²) in [5.74, 6) is 1.82. The summed E-state index contributed by atoms with van der Waals surface area (Å²) in [4.78, 5) is 14.0. The lowest BCUT2D eigenvalue weighted by molar-refractivity contribution is -0.130. The van der Waals surface area contributed by atoms with Gasteiger partial charge in [0.25, 0.3) is 0 Å². The number of carbonyl (C=O) groups is 1. The Bertz CT molecular complexity index is 261. The number of nitrogens with one attached hydrogen (secondary N) is 1. The van der Waals surface area contributed by atoms with Crippen LogP contribution in [0.25, 0.3) is 0 Å². The van der Waals surface area contributed by atoms with Crippen LogP contribution < -0.4 is 5.32 Å². The maximum atomic E-state index is 11.9. The van der Waals surface area contributed by atoms with Gasteiger partial charge in [0.05, 0.1) is 12.7 Å². The number of nitrogens with zero attached hydrogens (tertiary/aromatic N) is 1. The predicted molar refractivity (Wildman–Crippen MR) is 64.9 cm³/mol. The van der Waals surface area contributed by atoms with Crippen molar-refractivity contribution in [2.45, 2.75) is 58.7 Å². The molecule has 0 aromatic heterocycles. The van der Waals surface area contributed by atoms with Crippen molar-refractivity contribution in [1.29, 1.82) is 0 Å². The quantitative estimate of drug-likeness (QED) is 0.774. The Balaban J connectivity index is 1.93. The molecule has 0 bridgehead atoms. The minimum absolute atomic E-state index is 0.279. The molecule has 1 heterocycles. The van der Waals surface area contributed by atoms with Crippen molar-refractivity contribution >= 4 is 5.91 Å². The van der Waals surface area contributed by atoms with Gasteiger partial charge in [-0.15, -0.1) is 0 Å². The zero-order valence-electron chi connectivity index (χ0n) is 10.7. The first-order valence-corrected chi connectivity index (χ1v) is 6.62. The fourth-order valence-electron chi connectivity index (χ4n) is 2.71. The lowest BCUT2D eigenvalue weighted by Crippen LogP contribution is -2.44. The third-order valence-corrected chi connectivity index (χ3v) is 3.65. The molecular weight excluding hydrogens is 200 g/mol.